The first-order valence-corrected chi connectivity index (χ1v) is 12.3. The summed E-state index contributed by atoms with van der Waals surface area (Å²) in [6.07, 6.45) is 1.66. The number of morpholine rings is 1. The molecule has 0 spiro atoms. The SMILES string of the molecule is O=[N+]([O-])c1ccc(COc2ccc(/C=N/Nc3nc(Nc4ccccc4)nc(N4CCOCC4)n3)cc2)cc1. The van der Waals surface area contributed by atoms with Gasteiger partial charge < -0.3 is 19.7 Å². The molecule has 1 aromatic heterocycles. The van der Waals surface area contributed by atoms with Crippen molar-refractivity contribution >= 4 is 35.4 Å². The molecule has 1 aliphatic heterocycles. The van der Waals surface area contributed by atoms with Crippen LogP contribution in [0.1, 0.15) is 11.1 Å². The number of hydrazone groups is 1. The normalized spacial score (nSPS) is 13.3. The van der Waals surface area contributed by atoms with E-state index in [1.165, 1.54) is 12.1 Å². The Morgan fingerprint density at radius 3 is 2.38 bits per heavy atom. The Bertz CT molecular complexity index is 1410. The lowest BCUT2D eigenvalue weighted by Crippen LogP contribution is -2.37. The molecule has 2 N–H and O–H groups in total. The number of nitro benzene ring substituents is 1. The molecule has 0 bridgehead atoms. The highest BCUT2D eigenvalue weighted by Crippen LogP contribution is 2.19. The molecule has 1 saturated heterocycles. The molecule has 1 fully saturated rings. The molecule has 3 aromatic carbocycles. The maximum Gasteiger partial charge on any atom is 0.269 e. The molecular weight excluding hydrogens is 500 g/mol. The van der Waals surface area contributed by atoms with Gasteiger partial charge in [0.15, 0.2) is 0 Å². The Labute approximate surface area is 224 Å². The van der Waals surface area contributed by atoms with Crippen molar-refractivity contribution in [3.05, 3.63) is 100 Å². The van der Waals surface area contributed by atoms with Crippen molar-refractivity contribution in [3.8, 4) is 5.75 Å². The second-order valence-electron chi connectivity index (χ2n) is 8.52. The fourth-order valence-electron chi connectivity index (χ4n) is 3.72. The van der Waals surface area contributed by atoms with E-state index in [1.54, 1.807) is 18.3 Å². The summed E-state index contributed by atoms with van der Waals surface area (Å²) >= 11 is 0. The van der Waals surface area contributed by atoms with E-state index in [0.717, 1.165) is 16.8 Å². The van der Waals surface area contributed by atoms with Crippen LogP contribution in [-0.4, -0.2) is 52.4 Å². The predicted octanol–water partition coefficient (Wildman–Crippen LogP) is 4.39. The number of hydrogen-bond acceptors (Lipinski definition) is 11. The standard InChI is InChI=1S/C27H26N8O4/c36-35(37)23-10-6-21(7-11-23)19-39-24-12-8-20(9-13-24)18-28-33-26-30-25(29-22-4-2-1-3-5-22)31-27(32-26)34-14-16-38-17-15-34/h1-13,18H,14-17,19H2,(H2,29,30,31,32,33)/b28-18+. The Balaban J connectivity index is 1.22. The highest BCUT2D eigenvalue weighted by Gasteiger charge is 2.16. The van der Waals surface area contributed by atoms with Gasteiger partial charge in [0.05, 0.1) is 24.4 Å². The number of para-hydroxylation sites is 1. The number of aromatic nitrogens is 3. The molecule has 0 amide bonds. The number of non-ortho nitro benzene ring substituents is 1. The number of anilines is 4. The minimum atomic E-state index is -0.426. The predicted molar refractivity (Wildman–Crippen MR) is 148 cm³/mol. The molecular formula is C27H26N8O4. The highest BCUT2D eigenvalue weighted by atomic mass is 16.6. The van der Waals surface area contributed by atoms with E-state index in [-0.39, 0.29) is 5.69 Å². The van der Waals surface area contributed by atoms with Crippen LogP contribution in [0.3, 0.4) is 0 Å². The van der Waals surface area contributed by atoms with Gasteiger partial charge >= 0.3 is 0 Å². The lowest BCUT2D eigenvalue weighted by Gasteiger charge is -2.27. The maximum atomic E-state index is 10.8. The summed E-state index contributed by atoms with van der Waals surface area (Å²) < 4.78 is 11.2. The average Bonchev–Trinajstić information content (AvgIpc) is 2.98. The summed E-state index contributed by atoms with van der Waals surface area (Å²) in [5.41, 5.74) is 5.50. The van der Waals surface area contributed by atoms with Gasteiger partial charge in [0.1, 0.15) is 12.4 Å². The molecule has 4 aromatic rings. The maximum absolute atomic E-state index is 10.8. The first-order chi connectivity index (χ1) is 19.1. The summed E-state index contributed by atoms with van der Waals surface area (Å²) in [6, 6.07) is 23.3. The quantitative estimate of drug-likeness (QED) is 0.174. The lowest BCUT2D eigenvalue weighted by atomic mass is 10.2. The van der Waals surface area contributed by atoms with Crippen molar-refractivity contribution in [1.29, 1.82) is 0 Å². The van der Waals surface area contributed by atoms with Crippen LogP contribution in [0.15, 0.2) is 84.0 Å². The molecule has 12 nitrogen and oxygen atoms in total. The third-order valence-electron chi connectivity index (χ3n) is 5.76. The number of nitrogens with zero attached hydrogens (tertiary/aromatic N) is 6. The average molecular weight is 527 g/mol. The summed E-state index contributed by atoms with van der Waals surface area (Å²) in [5.74, 6) is 1.93. The largest absolute Gasteiger partial charge is 0.489 e. The van der Waals surface area contributed by atoms with Crippen LogP contribution in [0, 0.1) is 10.1 Å². The van der Waals surface area contributed by atoms with E-state index in [2.05, 4.69) is 30.8 Å². The van der Waals surface area contributed by atoms with Gasteiger partial charge in [-0.05, 0) is 59.7 Å². The molecule has 0 unspecified atom stereocenters. The summed E-state index contributed by atoms with van der Waals surface area (Å²) in [4.78, 5) is 26.0. The van der Waals surface area contributed by atoms with Crippen LogP contribution in [0.25, 0.3) is 0 Å². The summed E-state index contributed by atoms with van der Waals surface area (Å²) in [7, 11) is 0. The molecule has 0 aliphatic carbocycles. The molecule has 0 atom stereocenters. The third kappa shape index (κ3) is 7.23. The van der Waals surface area contributed by atoms with Crippen LogP contribution in [0.4, 0.5) is 29.2 Å². The lowest BCUT2D eigenvalue weighted by molar-refractivity contribution is -0.384. The van der Waals surface area contributed by atoms with Gasteiger partial charge in [-0.25, -0.2) is 5.43 Å². The Hall–Kier alpha value is -5.10. The summed E-state index contributed by atoms with van der Waals surface area (Å²) in [6.45, 7) is 2.91. The fraction of sp³-hybridized carbons (Fsp3) is 0.185. The van der Waals surface area contributed by atoms with Crippen LogP contribution in [-0.2, 0) is 11.3 Å². The minimum absolute atomic E-state index is 0.0502. The Kier molecular flexibility index (Phi) is 8.14. The zero-order chi connectivity index (χ0) is 26.9. The second kappa shape index (κ2) is 12.4. The number of benzene rings is 3. The van der Waals surface area contributed by atoms with Crippen molar-refractivity contribution in [2.24, 2.45) is 5.10 Å². The molecule has 5 rings (SSSR count). The number of nitro groups is 1. The molecule has 12 heteroatoms. The van der Waals surface area contributed by atoms with Gasteiger partial charge in [-0.1, -0.05) is 18.2 Å². The second-order valence-corrected chi connectivity index (χ2v) is 8.52. The van der Waals surface area contributed by atoms with Gasteiger partial charge in [0.2, 0.25) is 17.8 Å². The van der Waals surface area contributed by atoms with Crippen molar-refractivity contribution in [2.45, 2.75) is 6.61 Å². The zero-order valence-electron chi connectivity index (χ0n) is 20.9. The number of ether oxygens (including phenoxy) is 2. The van der Waals surface area contributed by atoms with Crippen molar-refractivity contribution < 1.29 is 14.4 Å². The van der Waals surface area contributed by atoms with Gasteiger partial charge in [-0.15, -0.1) is 0 Å². The Morgan fingerprint density at radius 2 is 1.67 bits per heavy atom. The van der Waals surface area contributed by atoms with Crippen LogP contribution in [0.5, 0.6) is 5.75 Å². The van der Waals surface area contributed by atoms with Crippen molar-refractivity contribution in [3.63, 3.8) is 0 Å². The fourth-order valence-corrected chi connectivity index (χ4v) is 3.72. The van der Waals surface area contributed by atoms with E-state index < -0.39 is 4.92 Å². The zero-order valence-corrected chi connectivity index (χ0v) is 20.9. The van der Waals surface area contributed by atoms with E-state index in [4.69, 9.17) is 9.47 Å². The number of rotatable bonds is 10. The van der Waals surface area contributed by atoms with E-state index in [1.807, 2.05) is 59.5 Å². The van der Waals surface area contributed by atoms with Gasteiger partial charge in [0, 0.05) is 30.9 Å². The molecule has 2 heterocycles. The number of hydrogen-bond donors (Lipinski definition) is 2. The van der Waals surface area contributed by atoms with Crippen LogP contribution >= 0.6 is 0 Å². The number of nitrogens with one attached hydrogen (secondary N) is 2. The van der Waals surface area contributed by atoms with E-state index >= 15 is 0 Å². The first kappa shape index (κ1) is 25.5. The van der Waals surface area contributed by atoms with Crippen molar-refractivity contribution in [1.82, 2.24) is 15.0 Å². The molecule has 0 saturated carbocycles. The molecule has 0 radical (unpaired) electrons. The van der Waals surface area contributed by atoms with Gasteiger partial charge in [-0.3, -0.25) is 10.1 Å². The monoisotopic (exact) mass is 526 g/mol. The smallest absolute Gasteiger partial charge is 0.269 e. The molecule has 198 valence electrons. The van der Waals surface area contributed by atoms with Gasteiger partial charge in [0.25, 0.3) is 5.69 Å². The van der Waals surface area contributed by atoms with E-state index in [0.29, 0.717) is 56.5 Å². The van der Waals surface area contributed by atoms with Crippen LogP contribution in [0.2, 0.25) is 0 Å². The van der Waals surface area contributed by atoms with Crippen LogP contribution < -0.4 is 20.4 Å². The van der Waals surface area contributed by atoms with E-state index in [9.17, 15) is 10.1 Å². The summed E-state index contributed by atoms with van der Waals surface area (Å²) in [5, 5.41) is 18.3. The third-order valence-corrected chi connectivity index (χ3v) is 5.76. The van der Waals surface area contributed by atoms with Gasteiger partial charge in [-0.2, -0.15) is 20.1 Å². The highest BCUT2D eigenvalue weighted by molar-refractivity contribution is 5.80. The molecule has 1 aliphatic rings. The minimum Gasteiger partial charge on any atom is -0.489 e. The topological polar surface area (TPSA) is 140 Å². The van der Waals surface area contributed by atoms with Crippen molar-refractivity contribution in [2.75, 3.05) is 41.9 Å². The Morgan fingerprint density at radius 1 is 0.949 bits per heavy atom. The first-order valence-electron chi connectivity index (χ1n) is 12.3. The molecule has 39 heavy (non-hydrogen) atoms.